The molecule has 2 aliphatic heterocycles. The molecule has 1 aromatic carbocycles. The van der Waals surface area contributed by atoms with E-state index in [1.165, 1.54) is 0 Å². The summed E-state index contributed by atoms with van der Waals surface area (Å²) in [6.45, 7) is 2.47. The summed E-state index contributed by atoms with van der Waals surface area (Å²) in [7, 11) is 0. The molecule has 2 amide bonds. The van der Waals surface area contributed by atoms with Crippen molar-refractivity contribution in [1.82, 2.24) is 4.90 Å². The predicted octanol–water partition coefficient (Wildman–Crippen LogP) is 1.11. The summed E-state index contributed by atoms with van der Waals surface area (Å²) in [6.07, 6.45) is 2.50. The Morgan fingerprint density at radius 2 is 1.83 bits per heavy atom. The van der Waals surface area contributed by atoms with E-state index in [0.29, 0.717) is 51.3 Å². The van der Waals surface area contributed by atoms with Crippen LogP contribution in [-0.2, 0) is 16.0 Å². The van der Waals surface area contributed by atoms with Gasteiger partial charge in [-0.3, -0.25) is 9.59 Å². The molecule has 2 heterocycles. The van der Waals surface area contributed by atoms with Gasteiger partial charge < -0.3 is 20.1 Å². The molecule has 2 aliphatic rings. The number of rotatable bonds is 3. The van der Waals surface area contributed by atoms with Crippen LogP contribution < -0.4 is 15.2 Å². The highest BCUT2D eigenvalue weighted by Crippen LogP contribution is 2.30. The molecule has 0 spiro atoms. The Hall–Kier alpha value is -2.24. The number of carbonyl (C=O) groups is 2. The van der Waals surface area contributed by atoms with E-state index in [1.807, 2.05) is 23.1 Å². The Morgan fingerprint density at radius 1 is 1.13 bits per heavy atom. The molecule has 0 bridgehead atoms. The number of benzene rings is 1. The standard InChI is InChI=1S/C17H22N2O4/c18-17(21)13-4-6-19(7-5-13)16(20)11-12-2-3-14-15(10-12)23-9-1-8-22-14/h2-3,10,13H,1,4-9,11H2,(H2,18,21). The van der Waals surface area contributed by atoms with E-state index in [0.717, 1.165) is 17.7 Å². The van der Waals surface area contributed by atoms with Crippen LogP contribution in [0.25, 0.3) is 0 Å². The quantitative estimate of drug-likeness (QED) is 0.905. The maximum absolute atomic E-state index is 12.4. The van der Waals surface area contributed by atoms with Crippen molar-refractivity contribution in [3.8, 4) is 11.5 Å². The first-order valence-electron chi connectivity index (χ1n) is 8.09. The van der Waals surface area contributed by atoms with E-state index >= 15 is 0 Å². The average Bonchev–Trinajstić information content (AvgIpc) is 2.79. The third kappa shape index (κ3) is 3.75. The fourth-order valence-electron chi connectivity index (χ4n) is 3.02. The van der Waals surface area contributed by atoms with Crippen LogP contribution in [0.5, 0.6) is 11.5 Å². The van der Waals surface area contributed by atoms with Crippen LogP contribution in [0.2, 0.25) is 0 Å². The van der Waals surface area contributed by atoms with Crippen molar-refractivity contribution in [2.75, 3.05) is 26.3 Å². The maximum atomic E-state index is 12.4. The Kier molecular flexibility index (Phi) is 4.69. The van der Waals surface area contributed by atoms with Crippen molar-refractivity contribution in [3.63, 3.8) is 0 Å². The highest BCUT2D eigenvalue weighted by Gasteiger charge is 2.26. The first kappa shape index (κ1) is 15.6. The SMILES string of the molecule is NC(=O)C1CCN(C(=O)Cc2ccc3c(c2)OCCCO3)CC1. The van der Waals surface area contributed by atoms with E-state index in [4.69, 9.17) is 15.2 Å². The first-order valence-corrected chi connectivity index (χ1v) is 8.09. The molecule has 6 heteroatoms. The second-order valence-corrected chi connectivity index (χ2v) is 6.07. The Labute approximate surface area is 135 Å². The molecular formula is C17H22N2O4. The first-order chi connectivity index (χ1) is 11.1. The van der Waals surface area contributed by atoms with Gasteiger partial charge in [-0.2, -0.15) is 0 Å². The summed E-state index contributed by atoms with van der Waals surface area (Å²) in [5, 5.41) is 0. The maximum Gasteiger partial charge on any atom is 0.226 e. The van der Waals surface area contributed by atoms with Crippen molar-refractivity contribution in [1.29, 1.82) is 0 Å². The molecule has 1 aromatic rings. The van der Waals surface area contributed by atoms with Crippen LogP contribution in [0.15, 0.2) is 18.2 Å². The molecule has 0 aromatic heterocycles. The summed E-state index contributed by atoms with van der Waals surface area (Å²) < 4.78 is 11.3. The van der Waals surface area contributed by atoms with Gasteiger partial charge in [-0.1, -0.05) is 6.07 Å². The van der Waals surface area contributed by atoms with Crippen molar-refractivity contribution in [2.45, 2.75) is 25.7 Å². The molecule has 23 heavy (non-hydrogen) atoms. The van der Waals surface area contributed by atoms with Gasteiger partial charge in [0.05, 0.1) is 19.6 Å². The highest BCUT2D eigenvalue weighted by atomic mass is 16.5. The van der Waals surface area contributed by atoms with Crippen LogP contribution in [0.1, 0.15) is 24.8 Å². The molecule has 0 saturated carbocycles. The molecule has 6 nitrogen and oxygen atoms in total. The Bertz CT molecular complexity index is 594. The zero-order chi connectivity index (χ0) is 16.2. The van der Waals surface area contributed by atoms with Gasteiger partial charge in [-0.05, 0) is 30.5 Å². The number of hydrogen-bond donors (Lipinski definition) is 1. The number of nitrogens with two attached hydrogens (primary N) is 1. The summed E-state index contributed by atoms with van der Waals surface area (Å²) in [5.41, 5.74) is 6.23. The van der Waals surface area contributed by atoms with Crippen molar-refractivity contribution in [2.24, 2.45) is 11.7 Å². The van der Waals surface area contributed by atoms with Crippen LogP contribution >= 0.6 is 0 Å². The topological polar surface area (TPSA) is 81.9 Å². The van der Waals surface area contributed by atoms with Gasteiger partial charge in [0.1, 0.15) is 0 Å². The molecule has 1 fully saturated rings. The molecule has 3 rings (SSSR count). The Balaban J connectivity index is 1.60. The van der Waals surface area contributed by atoms with Crippen molar-refractivity contribution in [3.05, 3.63) is 23.8 Å². The van der Waals surface area contributed by atoms with Crippen molar-refractivity contribution >= 4 is 11.8 Å². The van der Waals surface area contributed by atoms with Crippen molar-refractivity contribution < 1.29 is 19.1 Å². The smallest absolute Gasteiger partial charge is 0.226 e. The number of carbonyl (C=O) groups excluding carboxylic acids is 2. The number of primary amides is 1. The van der Waals surface area contributed by atoms with Crippen LogP contribution in [0, 0.1) is 5.92 Å². The Morgan fingerprint density at radius 3 is 2.52 bits per heavy atom. The van der Waals surface area contributed by atoms with E-state index in [2.05, 4.69) is 0 Å². The largest absolute Gasteiger partial charge is 0.490 e. The molecule has 0 aliphatic carbocycles. The molecule has 2 N–H and O–H groups in total. The number of ether oxygens (including phenoxy) is 2. The molecular weight excluding hydrogens is 296 g/mol. The van der Waals surface area contributed by atoms with Crippen LogP contribution in [0.4, 0.5) is 0 Å². The fourth-order valence-corrected chi connectivity index (χ4v) is 3.02. The van der Waals surface area contributed by atoms with Crippen LogP contribution in [-0.4, -0.2) is 43.0 Å². The number of hydrogen-bond acceptors (Lipinski definition) is 4. The monoisotopic (exact) mass is 318 g/mol. The summed E-state index contributed by atoms with van der Waals surface area (Å²) >= 11 is 0. The number of nitrogens with zero attached hydrogens (tertiary/aromatic N) is 1. The lowest BCUT2D eigenvalue weighted by molar-refractivity contribution is -0.134. The summed E-state index contributed by atoms with van der Waals surface area (Å²) in [4.78, 5) is 25.4. The third-order valence-corrected chi connectivity index (χ3v) is 4.42. The minimum absolute atomic E-state index is 0.0717. The van der Waals surface area contributed by atoms with Gasteiger partial charge in [0.15, 0.2) is 11.5 Å². The van der Waals surface area contributed by atoms with Gasteiger partial charge >= 0.3 is 0 Å². The van der Waals surface area contributed by atoms with E-state index in [-0.39, 0.29) is 17.7 Å². The number of piperidine rings is 1. The third-order valence-electron chi connectivity index (χ3n) is 4.42. The fraction of sp³-hybridized carbons (Fsp3) is 0.529. The molecule has 0 atom stereocenters. The number of fused-ring (bicyclic) bond motifs is 1. The van der Waals surface area contributed by atoms with E-state index < -0.39 is 0 Å². The van der Waals surface area contributed by atoms with E-state index in [9.17, 15) is 9.59 Å². The lowest BCUT2D eigenvalue weighted by atomic mass is 9.96. The lowest BCUT2D eigenvalue weighted by Gasteiger charge is -2.30. The molecule has 1 saturated heterocycles. The molecule has 124 valence electrons. The predicted molar refractivity (Wildman–Crippen MR) is 84.3 cm³/mol. The summed E-state index contributed by atoms with van der Waals surface area (Å²) in [5.74, 6) is 1.15. The average molecular weight is 318 g/mol. The van der Waals surface area contributed by atoms with Crippen LogP contribution in [0.3, 0.4) is 0 Å². The van der Waals surface area contributed by atoms with E-state index in [1.54, 1.807) is 0 Å². The minimum atomic E-state index is -0.264. The van der Waals surface area contributed by atoms with Gasteiger partial charge in [-0.25, -0.2) is 0 Å². The second kappa shape index (κ2) is 6.89. The zero-order valence-electron chi connectivity index (χ0n) is 13.1. The number of likely N-dealkylation sites (tertiary alicyclic amines) is 1. The molecule has 0 radical (unpaired) electrons. The normalized spacial score (nSPS) is 18.3. The summed E-state index contributed by atoms with van der Waals surface area (Å²) in [6, 6.07) is 5.65. The zero-order valence-corrected chi connectivity index (χ0v) is 13.1. The van der Waals surface area contributed by atoms with Gasteiger partial charge in [0, 0.05) is 25.4 Å². The van der Waals surface area contributed by atoms with Gasteiger partial charge in [-0.15, -0.1) is 0 Å². The molecule has 0 unspecified atom stereocenters. The van der Waals surface area contributed by atoms with Gasteiger partial charge in [0.2, 0.25) is 11.8 Å². The van der Waals surface area contributed by atoms with Gasteiger partial charge in [0.25, 0.3) is 0 Å². The minimum Gasteiger partial charge on any atom is -0.490 e. The second-order valence-electron chi connectivity index (χ2n) is 6.07. The highest BCUT2D eigenvalue weighted by molar-refractivity contribution is 5.80. The number of amides is 2. The lowest BCUT2D eigenvalue weighted by Crippen LogP contribution is -2.42.